The zero-order valence-corrected chi connectivity index (χ0v) is 13.0. The Morgan fingerprint density at radius 3 is 1.57 bits per heavy atom. The van der Waals surface area contributed by atoms with E-state index in [0.29, 0.717) is 12.1 Å². The summed E-state index contributed by atoms with van der Waals surface area (Å²) in [5.41, 5.74) is -1.47. The highest BCUT2D eigenvalue weighted by Crippen LogP contribution is 2.36. The summed E-state index contributed by atoms with van der Waals surface area (Å²) in [6.45, 7) is 9.49. The van der Waals surface area contributed by atoms with Crippen LogP contribution in [0.4, 0.5) is 26.3 Å². The molecule has 0 aliphatic rings. The van der Waals surface area contributed by atoms with E-state index >= 15 is 0 Å². The summed E-state index contributed by atoms with van der Waals surface area (Å²) < 4.78 is 74.7. The van der Waals surface area contributed by atoms with Crippen molar-refractivity contribution >= 4 is 6.08 Å². The van der Waals surface area contributed by atoms with E-state index in [9.17, 15) is 26.3 Å². The maximum absolute atomic E-state index is 12.4. The van der Waals surface area contributed by atoms with Gasteiger partial charge in [0.15, 0.2) is 0 Å². The van der Waals surface area contributed by atoms with Crippen molar-refractivity contribution in [1.82, 2.24) is 0 Å². The standard InChI is InChI=1S/C12H8F6.C5H10/c1-2-3-4-8-5-9(11(13,14)15)7-10(6-8)12(16,17)18;1-4-5(2)3/h2-7H,1H2;4H,1-3H3/b4-3+;. The van der Waals surface area contributed by atoms with Gasteiger partial charge in [-0.1, -0.05) is 36.5 Å². The van der Waals surface area contributed by atoms with E-state index in [-0.39, 0.29) is 11.6 Å². The smallest absolute Gasteiger partial charge is 0.166 e. The van der Waals surface area contributed by atoms with Gasteiger partial charge in [0.05, 0.1) is 11.1 Å². The second kappa shape index (κ2) is 8.60. The molecule has 1 aromatic carbocycles. The summed E-state index contributed by atoms with van der Waals surface area (Å²) in [4.78, 5) is 0. The fourth-order valence-electron chi connectivity index (χ4n) is 1.25. The monoisotopic (exact) mass is 336 g/mol. The summed E-state index contributed by atoms with van der Waals surface area (Å²) in [7, 11) is 0. The zero-order valence-electron chi connectivity index (χ0n) is 13.0. The third kappa shape index (κ3) is 8.28. The van der Waals surface area contributed by atoms with Gasteiger partial charge in [0.25, 0.3) is 0 Å². The second-order valence-electron chi connectivity index (χ2n) is 4.80. The Morgan fingerprint density at radius 1 is 0.913 bits per heavy atom. The minimum atomic E-state index is -4.82. The number of rotatable bonds is 2. The molecule has 1 aromatic rings. The molecule has 0 atom stereocenters. The quantitative estimate of drug-likeness (QED) is 0.313. The molecular weight excluding hydrogens is 318 g/mol. The number of alkyl halides is 6. The van der Waals surface area contributed by atoms with Crippen molar-refractivity contribution in [1.29, 1.82) is 0 Å². The Balaban J connectivity index is 0.000000841. The van der Waals surface area contributed by atoms with Crippen LogP contribution in [0.1, 0.15) is 37.5 Å². The first-order valence-corrected chi connectivity index (χ1v) is 6.60. The molecule has 0 aromatic heterocycles. The molecule has 0 N–H and O–H groups in total. The first-order chi connectivity index (χ1) is 10.4. The molecule has 0 unspecified atom stereocenters. The summed E-state index contributed by atoms with van der Waals surface area (Å²) in [5.74, 6) is 0. The van der Waals surface area contributed by atoms with Gasteiger partial charge < -0.3 is 0 Å². The van der Waals surface area contributed by atoms with Crippen molar-refractivity contribution in [2.24, 2.45) is 0 Å². The first-order valence-electron chi connectivity index (χ1n) is 6.60. The lowest BCUT2D eigenvalue weighted by Gasteiger charge is -2.12. The molecule has 1 rings (SSSR count). The van der Waals surface area contributed by atoms with Crippen molar-refractivity contribution in [3.8, 4) is 0 Å². The molecule has 0 amide bonds. The van der Waals surface area contributed by atoms with Crippen LogP contribution in [0.15, 0.2) is 48.6 Å². The Bertz CT molecular complexity index is 537. The summed E-state index contributed by atoms with van der Waals surface area (Å²) in [6.07, 6.45) is -3.92. The molecule has 0 saturated carbocycles. The predicted molar refractivity (Wildman–Crippen MR) is 80.8 cm³/mol. The molecule has 0 fully saturated rings. The van der Waals surface area contributed by atoms with E-state index in [0.717, 1.165) is 6.08 Å². The Kier molecular flexibility index (Phi) is 7.86. The molecule has 0 heterocycles. The van der Waals surface area contributed by atoms with Crippen LogP contribution in [0.5, 0.6) is 0 Å². The number of benzene rings is 1. The van der Waals surface area contributed by atoms with E-state index in [4.69, 9.17) is 0 Å². The van der Waals surface area contributed by atoms with Crippen LogP contribution in [0.25, 0.3) is 6.08 Å². The topological polar surface area (TPSA) is 0 Å². The number of halogens is 6. The number of allylic oxidation sites excluding steroid dienone is 4. The summed E-state index contributed by atoms with van der Waals surface area (Å²) >= 11 is 0. The van der Waals surface area contributed by atoms with E-state index in [2.05, 4.69) is 26.5 Å². The van der Waals surface area contributed by atoms with Crippen LogP contribution >= 0.6 is 0 Å². The molecule has 128 valence electrons. The minimum absolute atomic E-state index is 0.0885. The average Bonchev–Trinajstić information content (AvgIpc) is 2.43. The molecule has 0 nitrogen and oxygen atoms in total. The van der Waals surface area contributed by atoms with Crippen LogP contribution in [-0.4, -0.2) is 0 Å². The van der Waals surface area contributed by atoms with Crippen molar-refractivity contribution < 1.29 is 26.3 Å². The van der Waals surface area contributed by atoms with Crippen LogP contribution in [0, 0.1) is 0 Å². The maximum Gasteiger partial charge on any atom is 0.416 e. The summed E-state index contributed by atoms with van der Waals surface area (Å²) in [5, 5.41) is 0. The van der Waals surface area contributed by atoms with Gasteiger partial charge >= 0.3 is 12.4 Å². The molecule has 0 radical (unpaired) electrons. The van der Waals surface area contributed by atoms with Gasteiger partial charge in [0, 0.05) is 0 Å². The molecule has 0 saturated heterocycles. The van der Waals surface area contributed by atoms with E-state index in [1.165, 1.54) is 17.7 Å². The lowest BCUT2D eigenvalue weighted by Crippen LogP contribution is -2.11. The molecule has 6 heteroatoms. The Hall–Kier alpha value is -1.98. The second-order valence-corrected chi connectivity index (χ2v) is 4.80. The highest BCUT2D eigenvalue weighted by Gasteiger charge is 2.36. The molecule has 0 spiro atoms. The molecule has 0 bridgehead atoms. The maximum atomic E-state index is 12.4. The third-order valence-corrected chi connectivity index (χ3v) is 2.61. The van der Waals surface area contributed by atoms with Crippen molar-refractivity contribution in [3.05, 3.63) is 65.3 Å². The fraction of sp³-hybridized carbons (Fsp3) is 0.294. The van der Waals surface area contributed by atoms with Crippen LogP contribution < -0.4 is 0 Å². The van der Waals surface area contributed by atoms with Gasteiger partial charge in [0.2, 0.25) is 0 Å². The summed E-state index contributed by atoms with van der Waals surface area (Å²) in [6, 6.07) is 1.38. The van der Waals surface area contributed by atoms with Crippen LogP contribution in [0.2, 0.25) is 0 Å². The Morgan fingerprint density at radius 2 is 1.30 bits per heavy atom. The SMILES string of the molecule is C=C/C=C/c1cc(C(F)(F)F)cc(C(F)(F)F)c1.CC=C(C)C. The van der Waals surface area contributed by atoms with E-state index < -0.39 is 23.5 Å². The van der Waals surface area contributed by atoms with E-state index in [1.54, 1.807) is 0 Å². The van der Waals surface area contributed by atoms with Gasteiger partial charge in [-0.3, -0.25) is 0 Å². The zero-order chi connectivity index (χ0) is 18.3. The lowest BCUT2D eigenvalue weighted by atomic mass is 10.0. The molecule has 0 aliphatic heterocycles. The highest BCUT2D eigenvalue weighted by atomic mass is 19.4. The third-order valence-electron chi connectivity index (χ3n) is 2.61. The van der Waals surface area contributed by atoms with Gasteiger partial charge in [-0.05, 0) is 44.5 Å². The van der Waals surface area contributed by atoms with Gasteiger partial charge in [0.1, 0.15) is 0 Å². The lowest BCUT2D eigenvalue weighted by molar-refractivity contribution is -0.143. The Labute approximate surface area is 131 Å². The first kappa shape index (κ1) is 21.0. The van der Waals surface area contributed by atoms with Crippen LogP contribution in [-0.2, 0) is 12.4 Å². The largest absolute Gasteiger partial charge is 0.416 e. The normalized spacial score (nSPS) is 11.7. The average molecular weight is 336 g/mol. The van der Waals surface area contributed by atoms with Gasteiger partial charge in [-0.2, -0.15) is 26.3 Å². The van der Waals surface area contributed by atoms with Gasteiger partial charge in [-0.25, -0.2) is 0 Å². The van der Waals surface area contributed by atoms with Crippen molar-refractivity contribution in [2.75, 3.05) is 0 Å². The molecule has 0 aliphatic carbocycles. The predicted octanol–water partition coefficient (Wildman–Crippen LogP) is 6.90. The van der Waals surface area contributed by atoms with Crippen molar-refractivity contribution in [3.63, 3.8) is 0 Å². The number of hydrogen-bond donors (Lipinski definition) is 0. The fourth-order valence-corrected chi connectivity index (χ4v) is 1.25. The highest BCUT2D eigenvalue weighted by molar-refractivity contribution is 5.54. The van der Waals surface area contributed by atoms with Crippen LogP contribution in [0.3, 0.4) is 0 Å². The number of hydrogen-bond acceptors (Lipinski definition) is 0. The van der Waals surface area contributed by atoms with Gasteiger partial charge in [-0.15, -0.1) is 0 Å². The molecular formula is C17H18F6. The minimum Gasteiger partial charge on any atom is -0.166 e. The molecule has 23 heavy (non-hydrogen) atoms. The van der Waals surface area contributed by atoms with E-state index in [1.807, 2.05) is 6.92 Å². The van der Waals surface area contributed by atoms with Crippen molar-refractivity contribution in [2.45, 2.75) is 33.1 Å².